The fourth-order valence-electron chi connectivity index (χ4n) is 2.62. The summed E-state index contributed by atoms with van der Waals surface area (Å²) in [7, 11) is 0. The molecule has 4 nitrogen and oxygen atoms in total. The number of carbonyl (C=O) groups excluding carboxylic acids is 1. The summed E-state index contributed by atoms with van der Waals surface area (Å²) in [6.45, 7) is 5.94. The number of likely N-dealkylation sites (tertiary alicyclic amines) is 1. The van der Waals surface area contributed by atoms with Crippen LogP contribution < -0.4 is 0 Å². The Morgan fingerprint density at radius 2 is 2.00 bits per heavy atom. The average Bonchev–Trinajstić information content (AvgIpc) is 2.75. The third-order valence-corrected chi connectivity index (χ3v) is 3.97. The van der Waals surface area contributed by atoms with Gasteiger partial charge in [-0.3, -0.25) is 4.79 Å². The van der Waals surface area contributed by atoms with E-state index in [4.69, 9.17) is 0 Å². The number of benzene rings is 1. The first-order valence-electron chi connectivity index (χ1n) is 6.49. The van der Waals surface area contributed by atoms with Crippen LogP contribution in [0.5, 0.6) is 0 Å². The van der Waals surface area contributed by atoms with Crippen molar-refractivity contribution in [1.29, 1.82) is 0 Å². The zero-order valence-corrected chi connectivity index (χ0v) is 11.6. The lowest BCUT2D eigenvalue weighted by molar-refractivity contribution is -0.147. The first-order chi connectivity index (χ1) is 8.86. The summed E-state index contributed by atoms with van der Waals surface area (Å²) in [5, 5.41) is 9.37. The van der Waals surface area contributed by atoms with E-state index in [1.807, 2.05) is 32.0 Å². The molecule has 1 saturated heterocycles. The van der Waals surface area contributed by atoms with Gasteiger partial charge in [-0.25, -0.2) is 4.79 Å². The Labute approximate surface area is 113 Å². The summed E-state index contributed by atoms with van der Waals surface area (Å²) >= 11 is 0. The topological polar surface area (TPSA) is 57.6 Å². The predicted octanol–water partition coefficient (Wildman–Crippen LogP) is 2.38. The SMILES string of the molecule is Cc1ccc(C)c(C(=O)N2CCCC2(C)C(=O)O)c1. The quantitative estimate of drug-likeness (QED) is 0.889. The molecule has 0 saturated carbocycles. The normalized spacial score (nSPS) is 22.6. The van der Waals surface area contributed by atoms with Crippen molar-refractivity contribution in [2.45, 2.75) is 39.2 Å². The molecule has 1 aliphatic heterocycles. The van der Waals surface area contributed by atoms with Crippen molar-refractivity contribution in [3.05, 3.63) is 34.9 Å². The molecule has 1 aliphatic rings. The maximum atomic E-state index is 12.6. The molecule has 1 aromatic rings. The molecule has 1 heterocycles. The summed E-state index contributed by atoms with van der Waals surface area (Å²) in [5.41, 5.74) is 1.42. The van der Waals surface area contributed by atoms with Crippen LogP contribution >= 0.6 is 0 Å². The lowest BCUT2D eigenvalue weighted by Gasteiger charge is -2.31. The number of hydrogen-bond acceptors (Lipinski definition) is 2. The van der Waals surface area contributed by atoms with E-state index in [-0.39, 0.29) is 5.91 Å². The summed E-state index contributed by atoms with van der Waals surface area (Å²) in [4.78, 5) is 25.5. The zero-order valence-electron chi connectivity index (χ0n) is 11.6. The summed E-state index contributed by atoms with van der Waals surface area (Å²) in [5.74, 6) is -1.10. The number of aliphatic carboxylic acids is 1. The smallest absolute Gasteiger partial charge is 0.329 e. The van der Waals surface area contributed by atoms with Crippen LogP contribution in [0.4, 0.5) is 0 Å². The van der Waals surface area contributed by atoms with Gasteiger partial charge in [-0.2, -0.15) is 0 Å². The van der Waals surface area contributed by atoms with Crippen LogP contribution in [0.15, 0.2) is 18.2 Å². The van der Waals surface area contributed by atoms with Crippen LogP contribution in [0.1, 0.15) is 41.3 Å². The molecule has 1 fully saturated rings. The molecular weight excluding hydrogens is 242 g/mol. The Bertz CT molecular complexity index is 538. The van der Waals surface area contributed by atoms with Crippen molar-refractivity contribution >= 4 is 11.9 Å². The third kappa shape index (κ3) is 2.23. The molecule has 0 aromatic heterocycles. The minimum atomic E-state index is -1.08. The van der Waals surface area contributed by atoms with E-state index in [9.17, 15) is 14.7 Å². The van der Waals surface area contributed by atoms with Crippen molar-refractivity contribution in [2.75, 3.05) is 6.54 Å². The first kappa shape index (κ1) is 13.6. The van der Waals surface area contributed by atoms with Crippen molar-refractivity contribution in [3.63, 3.8) is 0 Å². The highest BCUT2D eigenvalue weighted by molar-refractivity contribution is 5.99. The maximum Gasteiger partial charge on any atom is 0.329 e. The van der Waals surface area contributed by atoms with E-state index >= 15 is 0 Å². The van der Waals surface area contributed by atoms with Crippen molar-refractivity contribution in [3.8, 4) is 0 Å². The minimum absolute atomic E-state index is 0.177. The maximum absolute atomic E-state index is 12.6. The summed E-state index contributed by atoms with van der Waals surface area (Å²) in [6, 6.07) is 5.68. The van der Waals surface area contributed by atoms with Gasteiger partial charge < -0.3 is 10.0 Å². The second-order valence-electron chi connectivity index (χ2n) is 5.46. The fourth-order valence-corrected chi connectivity index (χ4v) is 2.62. The van der Waals surface area contributed by atoms with E-state index in [1.165, 1.54) is 4.90 Å². The van der Waals surface area contributed by atoms with Gasteiger partial charge in [0.15, 0.2) is 0 Å². The minimum Gasteiger partial charge on any atom is -0.480 e. The second-order valence-corrected chi connectivity index (χ2v) is 5.46. The number of amides is 1. The van der Waals surface area contributed by atoms with E-state index in [0.717, 1.165) is 17.5 Å². The number of aryl methyl sites for hydroxylation is 2. The number of hydrogen-bond donors (Lipinski definition) is 1. The van der Waals surface area contributed by atoms with Gasteiger partial charge in [0.1, 0.15) is 5.54 Å². The number of carboxylic acids is 1. The molecule has 0 bridgehead atoms. The number of rotatable bonds is 2. The molecule has 0 spiro atoms. The highest BCUT2D eigenvalue weighted by Crippen LogP contribution is 2.31. The highest BCUT2D eigenvalue weighted by atomic mass is 16.4. The van der Waals surface area contributed by atoms with E-state index in [1.54, 1.807) is 6.92 Å². The molecule has 1 aromatic carbocycles. The lowest BCUT2D eigenvalue weighted by atomic mass is 9.97. The van der Waals surface area contributed by atoms with Crippen LogP contribution in [0, 0.1) is 13.8 Å². The van der Waals surface area contributed by atoms with Crippen molar-refractivity contribution in [2.24, 2.45) is 0 Å². The molecule has 4 heteroatoms. The first-order valence-corrected chi connectivity index (χ1v) is 6.49. The number of carbonyl (C=O) groups is 2. The average molecular weight is 261 g/mol. The molecule has 102 valence electrons. The van der Waals surface area contributed by atoms with Gasteiger partial charge in [-0.1, -0.05) is 17.7 Å². The molecule has 1 N–H and O–H groups in total. The monoisotopic (exact) mass is 261 g/mol. The molecule has 1 atom stereocenters. The second kappa shape index (κ2) is 4.68. The Morgan fingerprint density at radius 3 is 2.63 bits per heavy atom. The van der Waals surface area contributed by atoms with Crippen LogP contribution in [0.25, 0.3) is 0 Å². The molecule has 1 amide bonds. The Kier molecular flexibility index (Phi) is 3.35. The van der Waals surface area contributed by atoms with Gasteiger partial charge in [0.25, 0.3) is 5.91 Å². The number of nitrogens with zero attached hydrogens (tertiary/aromatic N) is 1. The van der Waals surface area contributed by atoms with Gasteiger partial charge >= 0.3 is 5.97 Å². The van der Waals surface area contributed by atoms with Crippen molar-refractivity contribution < 1.29 is 14.7 Å². The standard InChI is InChI=1S/C15H19NO3/c1-10-5-6-11(2)12(9-10)13(17)16-8-4-7-15(16,3)14(18)19/h5-6,9H,4,7-8H2,1-3H3,(H,18,19). The molecule has 19 heavy (non-hydrogen) atoms. The van der Waals surface area contributed by atoms with Crippen molar-refractivity contribution in [1.82, 2.24) is 4.90 Å². The van der Waals surface area contributed by atoms with Gasteiger partial charge in [-0.05, 0) is 45.2 Å². The lowest BCUT2D eigenvalue weighted by Crippen LogP contribution is -2.50. The van der Waals surface area contributed by atoms with Gasteiger partial charge in [0.05, 0.1) is 0 Å². The molecular formula is C15H19NO3. The van der Waals surface area contributed by atoms with Gasteiger partial charge in [0.2, 0.25) is 0 Å². The summed E-state index contributed by atoms with van der Waals surface area (Å²) < 4.78 is 0. The predicted molar refractivity (Wildman–Crippen MR) is 72.2 cm³/mol. The van der Waals surface area contributed by atoms with Gasteiger partial charge in [0, 0.05) is 12.1 Å². The van der Waals surface area contributed by atoms with E-state index in [2.05, 4.69) is 0 Å². The molecule has 0 aliphatic carbocycles. The Hall–Kier alpha value is -1.84. The molecule has 1 unspecified atom stereocenters. The van der Waals surface area contributed by atoms with Gasteiger partial charge in [-0.15, -0.1) is 0 Å². The van der Waals surface area contributed by atoms with Crippen LogP contribution in [-0.4, -0.2) is 34.0 Å². The number of carboxylic acid groups (broad SMARTS) is 1. The highest BCUT2D eigenvalue weighted by Gasteiger charge is 2.46. The largest absolute Gasteiger partial charge is 0.480 e. The summed E-state index contributed by atoms with van der Waals surface area (Å²) in [6.07, 6.45) is 1.25. The molecule has 2 rings (SSSR count). The van der Waals surface area contributed by atoms with E-state index < -0.39 is 11.5 Å². The van der Waals surface area contributed by atoms with Crippen LogP contribution in [-0.2, 0) is 4.79 Å². The zero-order chi connectivity index (χ0) is 14.2. The Balaban J connectivity index is 2.39. The third-order valence-electron chi connectivity index (χ3n) is 3.97. The van der Waals surface area contributed by atoms with E-state index in [0.29, 0.717) is 18.5 Å². The Morgan fingerprint density at radius 1 is 1.32 bits per heavy atom. The van der Waals surface area contributed by atoms with Crippen LogP contribution in [0.2, 0.25) is 0 Å². The fraction of sp³-hybridized carbons (Fsp3) is 0.467. The molecule has 0 radical (unpaired) electrons. The van der Waals surface area contributed by atoms with Crippen LogP contribution in [0.3, 0.4) is 0 Å².